The maximum absolute atomic E-state index is 11.2. The maximum atomic E-state index is 11.2. The van der Waals surface area contributed by atoms with Gasteiger partial charge in [-0.05, 0) is 5.92 Å². The number of rotatable bonds is 3. The van der Waals surface area contributed by atoms with Crippen molar-refractivity contribution in [2.24, 2.45) is 5.92 Å². The van der Waals surface area contributed by atoms with Gasteiger partial charge in [-0.1, -0.05) is 13.8 Å². The molecule has 0 bridgehead atoms. The fourth-order valence-electron chi connectivity index (χ4n) is 1.10. The van der Waals surface area contributed by atoms with Gasteiger partial charge < -0.3 is 5.32 Å². The molecule has 1 N–H and O–H groups in total. The lowest BCUT2D eigenvalue weighted by Gasteiger charge is -2.25. The summed E-state index contributed by atoms with van der Waals surface area (Å²) in [4.78, 5) is 21.6. The number of nitrogens with one attached hydrogen (secondary N) is 1. The van der Waals surface area contributed by atoms with Crippen molar-refractivity contribution in [3.05, 3.63) is 0 Å². The molecule has 1 amide bonds. The average Bonchev–Trinajstić information content (AvgIpc) is 1.79. The summed E-state index contributed by atoms with van der Waals surface area (Å²) in [6.07, 6.45) is 0.969. The van der Waals surface area contributed by atoms with Crippen LogP contribution in [0, 0.1) is 5.92 Å². The van der Waals surface area contributed by atoms with E-state index in [0.29, 0.717) is 18.8 Å². The molecule has 1 aliphatic rings. The van der Waals surface area contributed by atoms with Gasteiger partial charge in [-0.15, -0.1) is 0 Å². The summed E-state index contributed by atoms with van der Waals surface area (Å²) in [5, 5.41) is 2.56. The second kappa shape index (κ2) is 3.03. The normalized spacial score (nSPS) is 22.8. The first-order chi connectivity index (χ1) is 5.09. The van der Waals surface area contributed by atoms with E-state index in [1.54, 1.807) is 0 Å². The lowest BCUT2D eigenvalue weighted by Crippen LogP contribution is -2.53. The van der Waals surface area contributed by atoms with Crippen LogP contribution in [0.15, 0.2) is 0 Å². The SMILES string of the molecule is CC(C)CC(=O)C1CC(=O)N1. The van der Waals surface area contributed by atoms with Crippen LogP contribution in [0.2, 0.25) is 0 Å². The molecule has 1 saturated heterocycles. The fraction of sp³-hybridized carbons (Fsp3) is 0.750. The Kier molecular flexibility index (Phi) is 2.27. The second-order valence-corrected chi connectivity index (χ2v) is 3.39. The highest BCUT2D eigenvalue weighted by atomic mass is 16.2. The third-order valence-electron chi connectivity index (χ3n) is 1.72. The molecule has 0 saturated carbocycles. The maximum Gasteiger partial charge on any atom is 0.223 e. The number of hydrogen-bond donors (Lipinski definition) is 1. The molecule has 0 aromatic rings. The molecule has 1 aliphatic heterocycles. The molecule has 0 radical (unpaired) electrons. The molecular formula is C8H13NO2. The summed E-state index contributed by atoms with van der Waals surface area (Å²) in [6, 6.07) is -0.176. The van der Waals surface area contributed by atoms with Gasteiger partial charge in [-0.3, -0.25) is 9.59 Å². The van der Waals surface area contributed by atoms with Crippen LogP contribution in [0.3, 0.4) is 0 Å². The summed E-state index contributed by atoms with van der Waals surface area (Å²) in [5.41, 5.74) is 0. The Morgan fingerprint density at radius 1 is 1.73 bits per heavy atom. The van der Waals surface area contributed by atoms with Crippen LogP contribution in [0.4, 0.5) is 0 Å². The molecule has 3 nitrogen and oxygen atoms in total. The molecule has 3 heteroatoms. The lowest BCUT2D eigenvalue weighted by atomic mass is 9.95. The van der Waals surface area contributed by atoms with Gasteiger partial charge >= 0.3 is 0 Å². The minimum atomic E-state index is -0.176. The quantitative estimate of drug-likeness (QED) is 0.603. The van der Waals surface area contributed by atoms with Crippen LogP contribution in [0.5, 0.6) is 0 Å². The van der Waals surface area contributed by atoms with Gasteiger partial charge in [0.25, 0.3) is 0 Å². The Morgan fingerprint density at radius 2 is 2.27 bits per heavy atom. The van der Waals surface area contributed by atoms with Gasteiger partial charge in [-0.25, -0.2) is 0 Å². The predicted octanol–water partition coefficient (Wildman–Crippen LogP) is 0.490. The topological polar surface area (TPSA) is 46.2 Å². The number of carbonyl (C=O) groups is 2. The van der Waals surface area contributed by atoms with E-state index in [9.17, 15) is 9.59 Å². The summed E-state index contributed by atoms with van der Waals surface area (Å²) in [7, 11) is 0. The number of Topliss-reactive ketones (excluding diaryl/α,β-unsaturated/α-hetero) is 1. The zero-order valence-electron chi connectivity index (χ0n) is 6.89. The van der Waals surface area contributed by atoms with Gasteiger partial charge in [-0.2, -0.15) is 0 Å². The molecule has 11 heavy (non-hydrogen) atoms. The number of carbonyl (C=O) groups excluding carboxylic acids is 2. The molecule has 1 atom stereocenters. The van der Waals surface area contributed by atoms with E-state index < -0.39 is 0 Å². The number of hydrogen-bond acceptors (Lipinski definition) is 2. The van der Waals surface area contributed by atoms with Crippen molar-refractivity contribution >= 4 is 11.7 Å². The van der Waals surface area contributed by atoms with Crippen molar-refractivity contribution in [1.29, 1.82) is 0 Å². The van der Waals surface area contributed by atoms with Crippen molar-refractivity contribution in [3.63, 3.8) is 0 Å². The molecule has 1 fully saturated rings. The van der Waals surface area contributed by atoms with Crippen LogP contribution < -0.4 is 5.32 Å². The Labute approximate surface area is 66.2 Å². The Morgan fingerprint density at radius 3 is 2.64 bits per heavy atom. The van der Waals surface area contributed by atoms with E-state index in [0.717, 1.165) is 0 Å². The standard InChI is InChI=1S/C8H13NO2/c1-5(2)3-7(10)6-4-8(11)9-6/h5-6H,3-4H2,1-2H3,(H,9,11). The zero-order chi connectivity index (χ0) is 8.43. The van der Waals surface area contributed by atoms with E-state index in [4.69, 9.17) is 0 Å². The minimum absolute atomic E-state index is 0.00731. The summed E-state index contributed by atoms with van der Waals surface area (Å²) in [5.74, 6) is 0.548. The first-order valence-electron chi connectivity index (χ1n) is 3.91. The predicted molar refractivity (Wildman–Crippen MR) is 41.0 cm³/mol. The monoisotopic (exact) mass is 155 g/mol. The molecule has 0 aliphatic carbocycles. The lowest BCUT2D eigenvalue weighted by molar-refractivity contribution is -0.136. The third-order valence-corrected chi connectivity index (χ3v) is 1.72. The van der Waals surface area contributed by atoms with Crippen molar-refractivity contribution in [1.82, 2.24) is 5.32 Å². The molecular weight excluding hydrogens is 142 g/mol. The van der Waals surface area contributed by atoms with Crippen molar-refractivity contribution < 1.29 is 9.59 Å². The highest BCUT2D eigenvalue weighted by molar-refractivity contribution is 5.98. The van der Waals surface area contributed by atoms with Crippen LogP contribution in [0.25, 0.3) is 0 Å². The van der Waals surface area contributed by atoms with Gasteiger partial charge in [0, 0.05) is 6.42 Å². The number of amides is 1. The summed E-state index contributed by atoms with van der Waals surface area (Å²) in [6.45, 7) is 4.00. The van der Waals surface area contributed by atoms with Crippen molar-refractivity contribution in [2.75, 3.05) is 0 Å². The largest absolute Gasteiger partial charge is 0.346 e. The van der Waals surface area contributed by atoms with E-state index in [-0.39, 0.29) is 17.7 Å². The van der Waals surface area contributed by atoms with Gasteiger partial charge in [0.15, 0.2) is 5.78 Å². The zero-order valence-corrected chi connectivity index (χ0v) is 6.89. The van der Waals surface area contributed by atoms with Gasteiger partial charge in [0.1, 0.15) is 0 Å². The summed E-state index contributed by atoms with van der Waals surface area (Å²) < 4.78 is 0. The first kappa shape index (κ1) is 8.24. The molecule has 1 heterocycles. The van der Waals surface area contributed by atoms with Crippen LogP contribution >= 0.6 is 0 Å². The Balaban J connectivity index is 2.26. The third kappa shape index (κ3) is 2.03. The summed E-state index contributed by atoms with van der Waals surface area (Å²) >= 11 is 0. The molecule has 0 aromatic carbocycles. The molecule has 0 spiro atoms. The van der Waals surface area contributed by atoms with E-state index in [2.05, 4.69) is 5.32 Å². The smallest absolute Gasteiger partial charge is 0.223 e. The second-order valence-electron chi connectivity index (χ2n) is 3.39. The highest BCUT2D eigenvalue weighted by Crippen LogP contribution is 2.10. The molecule has 0 aromatic heterocycles. The number of β-lactam (4-membered cyclic amide) rings is 1. The Hall–Kier alpha value is -0.860. The average molecular weight is 155 g/mol. The molecule has 1 unspecified atom stereocenters. The van der Waals surface area contributed by atoms with E-state index in [1.807, 2.05) is 13.8 Å². The van der Waals surface area contributed by atoms with E-state index >= 15 is 0 Å². The number of ketones is 1. The van der Waals surface area contributed by atoms with Crippen molar-refractivity contribution in [3.8, 4) is 0 Å². The fourth-order valence-corrected chi connectivity index (χ4v) is 1.10. The first-order valence-corrected chi connectivity index (χ1v) is 3.91. The Bertz CT molecular complexity index is 179. The molecule has 1 rings (SSSR count). The van der Waals surface area contributed by atoms with Crippen molar-refractivity contribution in [2.45, 2.75) is 32.7 Å². The van der Waals surface area contributed by atoms with Gasteiger partial charge in [0.2, 0.25) is 5.91 Å². The van der Waals surface area contributed by atoms with Crippen LogP contribution in [0.1, 0.15) is 26.7 Å². The van der Waals surface area contributed by atoms with Crippen LogP contribution in [-0.2, 0) is 9.59 Å². The van der Waals surface area contributed by atoms with Gasteiger partial charge in [0.05, 0.1) is 12.5 Å². The minimum Gasteiger partial charge on any atom is -0.346 e. The highest BCUT2D eigenvalue weighted by Gasteiger charge is 2.31. The van der Waals surface area contributed by atoms with Crippen LogP contribution in [-0.4, -0.2) is 17.7 Å². The molecule has 62 valence electrons. The van der Waals surface area contributed by atoms with E-state index in [1.165, 1.54) is 0 Å².